The summed E-state index contributed by atoms with van der Waals surface area (Å²) < 4.78 is 5.19. The molecule has 2 N–H and O–H groups in total. The fourth-order valence-electron chi connectivity index (χ4n) is 1.79. The Morgan fingerprint density at radius 3 is 2.61 bits per heavy atom. The summed E-state index contributed by atoms with van der Waals surface area (Å²) in [7, 11) is 0. The second kappa shape index (κ2) is 6.56. The van der Waals surface area contributed by atoms with Crippen molar-refractivity contribution in [1.82, 2.24) is 4.90 Å². The zero-order valence-corrected chi connectivity index (χ0v) is 11.1. The summed E-state index contributed by atoms with van der Waals surface area (Å²) in [5.74, 6) is -0.425. The molecule has 0 bridgehead atoms. The third-order valence-corrected chi connectivity index (χ3v) is 2.94. The molecule has 0 aromatic carbocycles. The number of aliphatic hydroxyl groups excluding tert-OH is 1. The molecule has 102 valence electrons. The fourth-order valence-corrected chi connectivity index (χ4v) is 1.79. The molecule has 0 spiro atoms. The van der Waals surface area contributed by atoms with E-state index in [9.17, 15) is 4.79 Å². The molecule has 5 nitrogen and oxygen atoms in total. The van der Waals surface area contributed by atoms with Gasteiger partial charge in [0.05, 0.1) is 0 Å². The number of aliphatic hydroxyl groups is 1. The van der Waals surface area contributed by atoms with Crippen LogP contribution in [0.1, 0.15) is 42.1 Å². The van der Waals surface area contributed by atoms with Crippen LogP contribution in [0, 0.1) is 6.92 Å². The van der Waals surface area contributed by atoms with Gasteiger partial charge in [-0.2, -0.15) is 0 Å². The molecule has 0 unspecified atom stereocenters. The van der Waals surface area contributed by atoms with E-state index in [-0.39, 0.29) is 12.4 Å². The van der Waals surface area contributed by atoms with E-state index in [4.69, 9.17) is 14.6 Å². The number of hydrogen-bond donors (Lipinski definition) is 2. The van der Waals surface area contributed by atoms with Crippen molar-refractivity contribution in [2.45, 2.75) is 39.8 Å². The number of rotatable bonds is 7. The summed E-state index contributed by atoms with van der Waals surface area (Å²) in [4.78, 5) is 13.0. The van der Waals surface area contributed by atoms with Gasteiger partial charge >= 0.3 is 5.97 Å². The van der Waals surface area contributed by atoms with Gasteiger partial charge in [-0.15, -0.1) is 0 Å². The molecule has 1 rings (SSSR count). The standard InChI is InChI=1S/C13H21NO4/c1-9(2)14(5-4-6-15)8-11-7-12(13(16)17)18-10(11)3/h7,9,15H,4-6,8H2,1-3H3,(H,16,17). The van der Waals surface area contributed by atoms with Crippen LogP contribution in [0.4, 0.5) is 0 Å². The molecule has 1 aromatic heterocycles. The van der Waals surface area contributed by atoms with Crippen LogP contribution in [0.2, 0.25) is 0 Å². The lowest BCUT2D eigenvalue weighted by atomic mass is 10.2. The number of carboxylic acid groups (broad SMARTS) is 1. The number of carbonyl (C=O) groups is 1. The van der Waals surface area contributed by atoms with Crippen molar-refractivity contribution in [3.05, 3.63) is 23.2 Å². The molecule has 0 atom stereocenters. The van der Waals surface area contributed by atoms with Gasteiger partial charge in [0, 0.05) is 31.3 Å². The van der Waals surface area contributed by atoms with Gasteiger partial charge in [0.2, 0.25) is 5.76 Å². The Morgan fingerprint density at radius 2 is 2.17 bits per heavy atom. The number of aromatic carboxylic acids is 1. The Balaban J connectivity index is 2.76. The van der Waals surface area contributed by atoms with E-state index >= 15 is 0 Å². The van der Waals surface area contributed by atoms with E-state index in [0.29, 0.717) is 24.8 Å². The van der Waals surface area contributed by atoms with Crippen LogP contribution in [0.5, 0.6) is 0 Å². The Kier molecular flexibility index (Phi) is 5.37. The molecule has 0 aliphatic carbocycles. The molecule has 0 aliphatic rings. The lowest BCUT2D eigenvalue weighted by molar-refractivity contribution is 0.0661. The molecule has 18 heavy (non-hydrogen) atoms. The van der Waals surface area contributed by atoms with Crippen LogP contribution in [0.25, 0.3) is 0 Å². The lowest BCUT2D eigenvalue weighted by Gasteiger charge is -2.25. The number of nitrogens with zero attached hydrogens (tertiary/aromatic N) is 1. The molecule has 0 saturated heterocycles. The summed E-state index contributed by atoms with van der Waals surface area (Å²) in [6.45, 7) is 7.50. The molecule has 0 amide bonds. The van der Waals surface area contributed by atoms with Crippen molar-refractivity contribution in [1.29, 1.82) is 0 Å². The van der Waals surface area contributed by atoms with Gasteiger partial charge in [-0.1, -0.05) is 0 Å². The van der Waals surface area contributed by atoms with Gasteiger partial charge in [0.1, 0.15) is 5.76 Å². The average molecular weight is 255 g/mol. The second-order valence-electron chi connectivity index (χ2n) is 4.64. The van der Waals surface area contributed by atoms with E-state index in [1.165, 1.54) is 0 Å². The monoisotopic (exact) mass is 255 g/mol. The summed E-state index contributed by atoms with van der Waals surface area (Å²) in [5, 5.41) is 17.7. The topological polar surface area (TPSA) is 73.9 Å². The SMILES string of the molecule is Cc1oc(C(=O)O)cc1CN(CCCO)C(C)C. The van der Waals surface area contributed by atoms with Crippen LogP contribution in [0.15, 0.2) is 10.5 Å². The Hall–Kier alpha value is -1.33. The first-order valence-corrected chi connectivity index (χ1v) is 6.13. The van der Waals surface area contributed by atoms with E-state index in [2.05, 4.69) is 18.7 Å². The van der Waals surface area contributed by atoms with Crippen LogP contribution in [-0.2, 0) is 6.54 Å². The summed E-state index contributed by atoms with van der Waals surface area (Å²) in [6.07, 6.45) is 0.709. The van der Waals surface area contributed by atoms with Crippen LogP contribution in [0.3, 0.4) is 0 Å². The highest BCUT2D eigenvalue weighted by atomic mass is 16.4. The molecule has 0 saturated carbocycles. The molecule has 1 aromatic rings. The molecular formula is C13H21NO4. The number of carboxylic acids is 1. The van der Waals surface area contributed by atoms with E-state index in [1.54, 1.807) is 13.0 Å². The average Bonchev–Trinajstić information content (AvgIpc) is 2.66. The van der Waals surface area contributed by atoms with Crippen molar-refractivity contribution in [2.24, 2.45) is 0 Å². The van der Waals surface area contributed by atoms with Gasteiger partial charge in [0.25, 0.3) is 0 Å². The first-order chi connectivity index (χ1) is 8.45. The first-order valence-electron chi connectivity index (χ1n) is 6.13. The Labute approximate surface area is 107 Å². The highest BCUT2D eigenvalue weighted by Crippen LogP contribution is 2.18. The quantitative estimate of drug-likeness (QED) is 0.778. The highest BCUT2D eigenvalue weighted by molar-refractivity contribution is 5.84. The van der Waals surface area contributed by atoms with Crippen molar-refractivity contribution in [3.8, 4) is 0 Å². The number of hydrogen-bond acceptors (Lipinski definition) is 4. The smallest absolute Gasteiger partial charge is 0.371 e. The van der Waals surface area contributed by atoms with Gasteiger partial charge in [-0.25, -0.2) is 4.79 Å². The van der Waals surface area contributed by atoms with Gasteiger partial charge in [0.15, 0.2) is 0 Å². The van der Waals surface area contributed by atoms with Gasteiger partial charge < -0.3 is 14.6 Å². The predicted octanol–water partition coefficient (Wildman–Crippen LogP) is 1.88. The van der Waals surface area contributed by atoms with E-state index in [1.807, 2.05) is 0 Å². The highest BCUT2D eigenvalue weighted by Gasteiger charge is 2.17. The molecule has 1 heterocycles. The molecular weight excluding hydrogens is 234 g/mol. The fraction of sp³-hybridized carbons (Fsp3) is 0.615. The minimum Gasteiger partial charge on any atom is -0.475 e. The van der Waals surface area contributed by atoms with Crippen LogP contribution in [-0.4, -0.2) is 40.3 Å². The van der Waals surface area contributed by atoms with Crippen molar-refractivity contribution in [3.63, 3.8) is 0 Å². The normalized spacial score (nSPS) is 11.4. The summed E-state index contributed by atoms with van der Waals surface area (Å²) in [5.41, 5.74) is 0.888. The molecule has 0 radical (unpaired) electrons. The third-order valence-electron chi connectivity index (χ3n) is 2.94. The Bertz CT molecular complexity index is 398. The zero-order valence-electron chi connectivity index (χ0n) is 11.1. The maximum absolute atomic E-state index is 10.8. The van der Waals surface area contributed by atoms with Gasteiger partial charge in [-0.05, 0) is 33.3 Å². The van der Waals surface area contributed by atoms with E-state index in [0.717, 1.165) is 12.1 Å². The first kappa shape index (κ1) is 14.7. The minimum absolute atomic E-state index is 0.0200. The number of furan rings is 1. The maximum Gasteiger partial charge on any atom is 0.371 e. The lowest BCUT2D eigenvalue weighted by Crippen LogP contribution is -2.31. The van der Waals surface area contributed by atoms with Crippen LogP contribution >= 0.6 is 0 Å². The minimum atomic E-state index is -1.05. The van der Waals surface area contributed by atoms with Crippen molar-refractivity contribution < 1.29 is 19.4 Å². The van der Waals surface area contributed by atoms with Crippen molar-refractivity contribution in [2.75, 3.05) is 13.2 Å². The molecule has 0 aliphatic heterocycles. The summed E-state index contributed by atoms with van der Waals surface area (Å²) in [6, 6.07) is 1.91. The third kappa shape index (κ3) is 3.85. The number of aryl methyl sites for hydroxylation is 1. The Morgan fingerprint density at radius 1 is 1.50 bits per heavy atom. The van der Waals surface area contributed by atoms with Gasteiger partial charge in [-0.3, -0.25) is 4.90 Å². The largest absolute Gasteiger partial charge is 0.475 e. The molecule has 0 fully saturated rings. The summed E-state index contributed by atoms with van der Waals surface area (Å²) >= 11 is 0. The van der Waals surface area contributed by atoms with Crippen LogP contribution < -0.4 is 0 Å². The predicted molar refractivity (Wildman–Crippen MR) is 67.7 cm³/mol. The maximum atomic E-state index is 10.8. The second-order valence-corrected chi connectivity index (χ2v) is 4.64. The zero-order chi connectivity index (χ0) is 13.7. The van der Waals surface area contributed by atoms with Crippen molar-refractivity contribution >= 4 is 5.97 Å². The molecule has 5 heteroatoms. The van der Waals surface area contributed by atoms with E-state index < -0.39 is 5.97 Å².